The highest BCUT2D eigenvalue weighted by Gasteiger charge is 2.18. The zero-order chi connectivity index (χ0) is 12.8. The van der Waals surface area contributed by atoms with Crippen molar-refractivity contribution in [3.63, 3.8) is 0 Å². The number of nitro groups is 1. The number of carbonyl (C=O) groups excluding carboxylic acids is 1. The molecule has 0 aromatic heterocycles. The van der Waals surface area contributed by atoms with Crippen molar-refractivity contribution >= 4 is 11.7 Å². The lowest BCUT2D eigenvalue weighted by molar-refractivity contribution is -0.385. The van der Waals surface area contributed by atoms with Crippen molar-refractivity contribution in [3.05, 3.63) is 34.4 Å². The summed E-state index contributed by atoms with van der Waals surface area (Å²) in [6.07, 6.45) is 0. The summed E-state index contributed by atoms with van der Waals surface area (Å²) in [4.78, 5) is 21.1. The fourth-order valence-corrected chi connectivity index (χ4v) is 1.13. The Bertz CT molecular complexity index is 421. The van der Waals surface area contributed by atoms with Gasteiger partial charge in [-0.1, -0.05) is 12.1 Å². The summed E-state index contributed by atoms with van der Waals surface area (Å²) >= 11 is 0. The number of carbonyl (C=O) groups is 1. The van der Waals surface area contributed by atoms with Gasteiger partial charge in [-0.05, 0) is 6.07 Å². The molecule has 7 nitrogen and oxygen atoms in total. The van der Waals surface area contributed by atoms with E-state index in [1.54, 1.807) is 6.07 Å². The SMILES string of the molecule is COC(=O)C(N)COc1ccccc1[N+](=O)[O-]. The molecule has 1 unspecified atom stereocenters. The summed E-state index contributed by atoms with van der Waals surface area (Å²) in [5.41, 5.74) is 5.26. The zero-order valence-corrected chi connectivity index (χ0v) is 9.16. The molecule has 92 valence electrons. The van der Waals surface area contributed by atoms with E-state index >= 15 is 0 Å². The molecule has 0 radical (unpaired) electrons. The van der Waals surface area contributed by atoms with Crippen molar-refractivity contribution in [1.29, 1.82) is 0 Å². The number of hydrogen-bond donors (Lipinski definition) is 1. The molecule has 17 heavy (non-hydrogen) atoms. The lowest BCUT2D eigenvalue weighted by Gasteiger charge is -2.10. The second kappa shape index (κ2) is 5.80. The molecule has 0 aliphatic heterocycles. The number of rotatable bonds is 5. The molecule has 0 heterocycles. The van der Waals surface area contributed by atoms with E-state index in [1.165, 1.54) is 25.3 Å². The predicted molar refractivity (Wildman–Crippen MR) is 58.6 cm³/mol. The number of benzene rings is 1. The van der Waals surface area contributed by atoms with E-state index in [9.17, 15) is 14.9 Å². The van der Waals surface area contributed by atoms with Crippen LogP contribution in [0.3, 0.4) is 0 Å². The molecule has 0 spiro atoms. The van der Waals surface area contributed by atoms with Crippen LogP contribution in [0.2, 0.25) is 0 Å². The van der Waals surface area contributed by atoms with Crippen molar-refractivity contribution in [2.24, 2.45) is 5.73 Å². The molecule has 0 aliphatic rings. The van der Waals surface area contributed by atoms with Gasteiger partial charge in [-0.25, -0.2) is 0 Å². The van der Waals surface area contributed by atoms with Gasteiger partial charge in [0.2, 0.25) is 0 Å². The van der Waals surface area contributed by atoms with Gasteiger partial charge < -0.3 is 15.2 Å². The van der Waals surface area contributed by atoms with Gasteiger partial charge in [0.1, 0.15) is 12.6 Å². The van der Waals surface area contributed by atoms with E-state index in [2.05, 4.69) is 4.74 Å². The molecular weight excluding hydrogens is 228 g/mol. The van der Waals surface area contributed by atoms with Gasteiger partial charge in [0.05, 0.1) is 12.0 Å². The fourth-order valence-electron chi connectivity index (χ4n) is 1.13. The van der Waals surface area contributed by atoms with Crippen LogP contribution in [0.4, 0.5) is 5.69 Å². The maximum Gasteiger partial charge on any atom is 0.326 e. The van der Waals surface area contributed by atoms with E-state index < -0.39 is 16.9 Å². The van der Waals surface area contributed by atoms with E-state index in [4.69, 9.17) is 10.5 Å². The van der Waals surface area contributed by atoms with Crippen molar-refractivity contribution < 1.29 is 19.2 Å². The average molecular weight is 240 g/mol. The Balaban J connectivity index is 2.69. The monoisotopic (exact) mass is 240 g/mol. The second-order valence-electron chi connectivity index (χ2n) is 3.17. The molecule has 0 aliphatic carbocycles. The van der Waals surface area contributed by atoms with Gasteiger partial charge >= 0.3 is 11.7 Å². The van der Waals surface area contributed by atoms with Crippen LogP contribution in [0.15, 0.2) is 24.3 Å². The molecule has 1 aromatic rings. The van der Waals surface area contributed by atoms with Gasteiger partial charge in [-0.15, -0.1) is 0 Å². The summed E-state index contributed by atoms with van der Waals surface area (Å²) in [6.45, 7) is -0.183. The van der Waals surface area contributed by atoms with Gasteiger partial charge in [-0.3, -0.25) is 14.9 Å². The van der Waals surface area contributed by atoms with Crippen LogP contribution >= 0.6 is 0 Å². The number of para-hydroxylation sites is 2. The normalized spacial score (nSPS) is 11.6. The number of nitro benzene ring substituents is 1. The van der Waals surface area contributed by atoms with Gasteiger partial charge in [0.25, 0.3) is 0 Å². The van der Waals surface area contributed by atoms with Crippen LogP contribution in [-0.4, -0.2) is 30.7 Å². The predicted octanol–water partition coefficient (Wildman–Crippen LogP) is 0.474. The number of methoxy groups -OCH3 is 1. The Morgan fingerprint density at radius 3 is 2.76 bits per heavy atom. The third kappa shape index (κ3) is 3.42. The summed E-state index contributed by atoms with van der Waals surface area (Å²) in [6, 6.07) is 4.87. The summed E-state index contributed by atoms with van der Waals surface area (Å²) in [5.74, 6) is -0.569. The smallest absolute Gasteiger partial charge is 0.326 e. The lowest BCUT2D eigenvalue weighted by Crippen LogP contribution is -2.37. The number of esters is 1. The van der Waals surface area contributed by atoms with E-state index in [0.717, 1.165) is 0 Å². The molecule has 0 fully saturated rings. The van der Waals surface area contributed by atoms with Crippen molar-refractivity contribution in [3.8, 4) is 5.75 Å². The standard InChI is InChI=1S/C10H12N2O5/c1-16-10(13)7(11)6-17-9-5-3-2-4-8(9)12(14)15/h2-5,7H,6,11H2,1H3. The maximum atomic E-state index is 11.0. The van der Waals surface area contributed by atoms with Crippen LogP contribution in [0.25, 0.3) is 0 Å². The van der Waals surface area contributed by atoms with E-state index in [1.807, 2.05) is 0 Å². The summed E-state index contributed by atoms with van der Waals surface area (Å²) in [5, 5.41) is 10.7. The number of nitrogens with zero attached hydrogens (tertiary/aromatic N) is 1. The third-order valence-corrected chi connectivity index (χ3v) is 1.98. The summed E-state index contributed by atoms with van der Waals surface area (Å²) < 4.78 is 9.52. The highest BCUT2D eigenvalue weighted by Crippen LogP contribution is 2.25. The molecule has 1 aromatic carbocycles. The highest BCUT2D eigenvalue weighted by atomic mass is 16.6. The number of ether oxygens (including phenoxy) is 2. The minimum absolute atomic E-state index is 0.0665. The minimum atomic E-state index is -0.972. The number of nitrogens with two attached hydrogens (primary N) is 1. The highest BCUT2D eigenvalue weighted by molar-refractivity contribution is 5.75. The van der Waals surface area contributed by atoms with Crippen LogP contribution < -0.4 is 10.5 Å². The van der Waals surface area contributed by atoms with E-state index in [0.29, 0.717) is 0 Å². The summed E-state index contributed by atoms with van der Waals surface area (Å²) in [7, 11) is 1.20. The average Bonchev–Trinajstić information content (AvgIpc) is 2.35. The minimum Gasteiger partial charge on any atom is -0.485 e. The first-order valence-electron chi connectivity index (χ1n) is 4.76. The van der Waals surface area contributed by atoms with Crippen molar-refractivity contribution in [2.45, 2.75) is 6.04 Å². The Morgan fingerprint density at radius 1 is 1.53 bits per heavy atom. The zero-order valence-electron chi connectivity index (χ0n) is 9.16. The van der Waals surface area contributed by atoms with Crippen LogP contribution in [0.1, 0.15) is 0 Å². The Morgan fingerprint density at radius 2 is 2.18 bits per heavy atom. The molecule has 1 atom stereocenters. The van der Waals surface area contributed by atoms with Crippen molar-refractivity contribution in [2.75, 3.05) is 13.7 Å². The molecule has 0 saturated carbocycles. The number of hydrogen-bond acceptors (Lipinski definition) is 6. The molecule has 0 bridgehead atoms. The molecule has 0 amide bonds. The van der Waals surface area contributed by atoms with Crippen LogP contribution in [-0.2, 0) is 9.53 Å². The fraction of sp³-hybridized carbons (Fsp3) is 0.300. The molecular formula is C10H12N2O5. The first-order chi connectivity index (χ1) is 8.06. The van der Waals surface area contributed by atoms with E-state index in [-0.39, 0.29) is 18.0 Å². The van der Waals surface area contributed by atoms with Crippen LogP contribution in [0.5, 0.6) is 5.75 Å². The molecule has 0 saturated heterocycles. The first-order valence-corrected chi connectivity index (χ1v) is 4.76. The quantitative estimate of drug-likeness (QED) is 0.455. The topological polar surface area (TPSA) is 105 Å². The maximum absolute atomic E-state index is 11.0. The lowest BCUT2D eigenvalue weighted by atomic mass is 10.3. The molecule has 7 heteroatoms. The third-order valence-electron chi connectivity index (χ3n) is 1.98. The first kappa shape index (κ1) is 12.9. The van der Waals surface area contributed by atoms with Gasteiger partial charge in [0, 0.05) is 6.07 Å². The van der Waals surface area contributed by atoms with Crippen LogP contribution in [0, 0.1) is 10.1 Å². The van der Waals surface area contributed by atoms with Gasteiger partial charge in [0.15, 0.2) is 5.75 Å². The second-order valence-corrected chi connectivity index (χ2v) is 3.17. The molecule has 1 rings (SSSR count). The van der Waals surface area contributed by atoms with Gasteiger partial charge in [-0.2, -0.15) is 0 Å². The largest absolute Gasteiger partial charge is 0.485 e. The molecule has 2 N–H and O–H groups in total. The Hall–Kier alpha value is -2.15. The van der Waals surface area contributed by atoms with Crippen molar-refractivity contribution in [1.82, 2.24) is 0 Å². The Kier molecular flexibility index (Phi) is 4.41. The Labute approximate surface area is 97.3 Å².